The van der Waals surface area contributed by atoms with Gasteiger partial charge in [-0.1, -0.05) is 0 Å². The number of rotatable bonds is 2. The maximum absolute atomic E-state index is 13.3. The predicted molar refractivity (Wildman–Crippen MR) is 55.9 cm³/mol. The molecule has 78 valence electrons. The third-order valence-corrected chi connectivity index (χ3v) is 2.85. The molecular formula is C10H9FN2OS. The van der Waals surface area contributed by atoms with Gasteiger partial charge in [0.15, 0.2) is 5.82 Å². The summed E-state index contributed by atoms with van der Waals surface area (Å²) in [5.74, 6) is -0.399. The maximum Gasteiger partial charge on any atom is 0.151 e. The molecule has 2 rings (SSSR count). The number of hydrogen-bond donors (Lipinski definition) is 1. The second kappa shape index (κ2) is 4.04. The summed E-state index contributed by atoms with van der Waals surface area (Å²) in [6.07, 6.45) is 2.04. The molecule has 2 heterocycles. The quantitative estimate of drug-likeness (QED) is 0.852. The first-order valence-electron chi connectivity index (χ1n) is 4.42. The standard InChI is InChI=1S/C10H9FN2OS/c1-6(14)9-5-15-10(13-9)7-2-3-12-4-8(7)11/h2-6,14H,1H3. The van der Waals surface area contributed by atoms with E-state index in [1.807, 2.05) is 0 Å². The van der Waals surface area contributed by atoms with Crippen LogP contribution in [0.25, 0.3) is 10.6 Å². The molecule has 0 bridgehead atoms. The van der Waals surface area contributed by atoms with Crippen LogP contribution in [0.2, 0.25) is 0 Å². The Kier molecular flexibility index (Phi) is 2.75. The number of pyridine rings is 1. The summed E-state index contributed by atoms with van der Waals surface area (Å²) in [6.45, 7) is 1.63. The molecule has 3 nitrogen and oxygen atoms in total. The van der Waals surface area contributed by atoms with Gasteiger partial charge in [0, 0.05) is 17.1 Å². The Morgan fingerprint density at radius 3 is 2.93 bits per heavy atom. The van der Waals surface area contributed by atoms with Gasteiger partial charge in [-0.05, 0) is 13.0 Å². The number of thiazole rings is 1. The lowest BCUT2D eigenvalue weighted by atomic mass is 10.2. The summed E-state index contributed by atoms with van der Waals surface area (Å²) in [5.41, 5.74) is 0.980. The van der Waals surface area contributed by atoms with Gasteiger partial charge in [-0.25, -0.2) is 9.37 Å². The van der Waals surface area contributed by atoms with Crippen LogP contribution in [0.5, 0.6) is 0 Å². The lowest BCUT2D eigenvalue weighted by molar-refractivity contribution is 0.195. The smallest absolute Gasteiger partial charge is 0.151 e. The highest BCUT2D eigenvalue weighted by molar-refractivity contribution is 7.13. The fraction of sp³-hybridized carbons (Fsp3) is 0.200. The lowest BCUT2D eigenvalue weighted by Crippen LogP contribution is -1.91. The minimum Gasteiger partial charge on any atom is -0.387 e. The molecule has 0 radical (unpaired) electrons. The number of aliphatic hydroxyl groups excluding tert-OH is 1. The highest BCUT2D eigenvalue weighted by atomic mass is 32.1. The molecule has 0 fully saturated rings. The van der Waals surface area contributed by atoms with Crippen molar-refractivity contribution in [3.8, 4) is 10.6 Å². The molecule has 0 amide bonds. The van der Waals surface area contributed by atoms with E-state index in [0.29, 0.717) is 16.3 Å². The molecule has 0 saturated heterocycles. The fourth-order valence-electron chi connectivity index (χ4n) is 1.15. The first-order chi connectivity index (χ1) is 7.18. The Balaban J connectivity index is 2.42. The summed E-state index contributed by atoms with van der Waals surface area (Å²) < 4.78 is 13.3. The molecule has 0 aromatic carbocycles. The Morgan fingerprint density at radius 2 is 2.33 bits per heavy atom. The van der Waals surface area contributed by atoms with Crippen molar-refractivity contribution >= 4 is 11.3 Å². The van der Waals surface area contributed by atoms with Crippen LogP contribution in [0.1, 0.15) is 18.7 Å². The van der Waals surface area contributed by atoms with E-state index in [1.165, 1.54) is 17.5 Å². The maximum atomic E-state index is 13.3. The topological polar surface area (TPSA) is 46.0 Å². The normalized spacial score (nSPS) is 12.7. The third kappa shape index (κ3) is 2.03. The van der Waals surface area contributed by atoms with E-state index in [4.69, 9.17) is 0 Å². The Bertz CT molecular complexity index is 470. The number of hydrogen-bond acceptors (Lipinski definition) is 4. The molecular weight excluding hydrogens is 215 g/mol. The molecule has 0 aliphatic heterocycles. The number of halogens is 1. The van der Waals surface area contributed by atoms with Crippen molar-refractivity contribution in [3.05, 3.63) is 35.4 Å². The highest BCUT2D eigenvalue weighted by Crippen LogP contribution is 2.27. The minimum absolute atomic E-state index is 0.399. The molecule has 0 aliphatic carbocycles. The number of nitrogens with zero attached hydrogens (tertiary/aromatic N) is 2. The van der Waals surface area contributed by atoms with Crippen LogP contribution in [0, 0.1) is 5.82 Å². The van der Waals surface area contributed by atoms with Gasteiger partial charge < -0.3 is 5.11 Å². The van der Waals surface area contributed by atoms with Crippen molar-refractivity contribution in [2.75, 3.05) is 0 Å². The Labute approximate surface area is 90.3 Å². The van der Waals surface area contributed by atoms with Crippen molar-refractivity contribution in [3.63, 3.8) is 0 Å². The summed E-state index contributed by atoms with van der Waals surface area (Å²) >= 11 is 1.31. The fourth-order valence-corrected chi connectivity index (χ4v) is 2.08. The van der Waals surface area contributed by atoms with Crippen LogP contribution in [-0.4, -0.2) is 15.1 Å². The van der Waals surface area contributed by atoms with Gasteiger partial charge in [0.2, 0.25) is 0 Å². The van der Waals surface area contributed by atoms with Gasteiger partial charge in [0.25, 0.3) is 0 Å². The molecule has 1 unspecified atom stereocenters. The average Bonchev–Trinajstić information content (AvgIpc) is 2.67. The Hall–Kier alpha value is -1.33. The lowest BCUT2D eigenvalue weighted by Gasteiger charge is -1.98. The van der Waals surface area contributed by atoms with Crippen molar-refractivity contribution in [2.45, 2.75) is 13.0 Å². The van der Waals surface area contributed by atoms with E-state index in [9.17, 15) is 9.50 Å². The van der Waals surface area contributed by atoms with Crippen LogP contribution in [0.15, 0.2) is 23.8 Å². The molecule has 0 spiro atoms. The van der Waals surface area contributed by atoms with Gasteiger partial charge in [-0.15, -0.1) is 11.3 Å². The van der Waals surface area contributed by atoms with Crippen molar-refractivity contribution < 1.29 is 9.50 Å². The van der Waals surface area contributed by atoms with E-state index in [0.717, 1.165) is 6.20 Å². The van der Waals surface area contributed by atoms with Crippen LogP contribution >= 0.6 is 11.3 Å². The third-order valence-electron chi connectivity index (χ3n) is 1.95. The first kappa shape index (κ1) is 10.2. The molecule has 1 atom stereocenters. The van der Waals surface area contributed by atoms with Crippen molar-refractivity contribution in [2.24, 2.45) is 0 Å². The highest BCUT2D eigenvalue weighted by Gasteiger charge is 2.11. The van der Waals surface area contributed by atoms with Gasteiger partial charge in [-0.2, -0.15) is 0 Å². The number of aromatic nitrogens is 2. The zero-order valence-corrected chi connectivity index (χ0v) is 8.83. The van der Waals surface area contributed by atoms with Crippen LogP contribution in [0.4, 0.5) is 4.39 Å². The minimum atomic E-state index is -0.625. The number of aliphatic hydroxyl groups is 1. The van der Waals surface area contributed by atoms with Crippen LogP contribution in [-0.2, 0) is 0 Å². The zero-order chi connectivity index (χ0) is 10.8. The molecule has 1 N–H and O–H groups in total. The Morgan fingerprint density at radius 1 is 1.53 bits per heavy atom. The second-order valence-corrected chi connectivity index (χ2v) is 3.97. The SMILES string of the molecule is CC(O)c1csc(-c2ccncc2F)n1. The monoisotopic (exact) mass is 224 g/mol. The average molecular weight is 224 g/mol. The van der Waals surface area contributed by atoms with Crippen LogP contribution < -0.4 is 0 Å². The van der Waals surface area contributed by atoms with Gasteiger partial charge >= 0.3 is 0 Å². The zero-order valence-electron chi connectivity index (χ0n) is 8.01. The molecule has 2 aromatic rings. The summed E-state index contributed by atoms with van der Waals surface area (Å²) in [5, 5.41) is 11.6. The van der Waals surface area contributed by atoms with E-state index >= 15 is 0 Å². The van der Waals surface area contributed by atoms with Gasteiger partial charge in [0.05, 0.1) is 18.0 Å². The van der Waals surface area contributed by atoms with E-state index in [-0.39, 0.29) is 0 Å². The van der Waals surface area contributed by atoms with E-state index in [2.05, 4.69) is 9.97 Å². The van der Waals surface area contributed by atoms with Crippen molar-refractivity contribution in [1.82, 2.24) is 9.97 Å². The van der Waals surface area contributed by atoms with Crippen LogP contribution in [0.3, 0.4) is 0 Å². The molecule has 2 aromatic heterocycles. The molecule has 5 heteroatoms. The first-order valence-corrected chi connectivity index (χ1v) is 5.30. The largest absolute Gasteiger partial charge is 0.387 e. The van der Waals surface area contributed by atoms with E-state index in [1.54, 1.807) is 18.4 Å². The van der Waals surface area contributed by atoms with E-state index < -0.39 is 11.9 Å². The molecule has 15 heavy (non-hydrogen) atoms. The summed E-state index contributed by atoms with van der Waals surface area (Å²) in [7, 11) is 0. The summed E-state index contributed by atoms with van der Waals surface area (Å²) in [4.78, 5) is 7.81. The van der Waals surface area contributed by atoms with Gasteiger partial charge in [-0.3, -0.25) is 4.98 Å². The molecule has 0 aliphatic rings. The second-order valence-electron chi connectivity index (χ2n) is 3.11. The van der Waals surface area contributed by atoms with Crippen molar-refractivity contribution in [1.29, 1.82) is 0 Å². The molecule has 0 saturated carbocycles. The van der Waals surface area contributed by atoms with Gasteiger partial charge in [0.1, 0.15) is 5.01 Å². The predicted octanol–water partition coefficient (Wildman–Crippen LogP) is 2.40. The summed E-state index contributed by atoms with van der Waals surface area (Å²) in [6, 6.07) is 1.57.